The van der Waals surface area contributed by atoms with Crippen molar-refractivity contribution in [3.05, 3.63) is 77.4 Å². The van der Waals surface area contributed by atoms with Gasteiger partial charge >= 0.3 is 0 Å². The van der Waals surface area contributed by atoms with Crippen LogP contribution in [0, 0.1) is 0 Å². The highest BCUT2D eigenvalue weighted by Crippen LogP contribution is 2.28. The fourth-order valence-corrected chi connectivity index (χ4v) is 2.37. The summed E-state index contributed by atoms with van der Waals surface area (Å²) in [5.41, 5.74) is 0.937. The predicted octanol–water partition coefficient (Wildman–Crippen LogP) is 4.79. The maximum atomic E-state index is 12.5. The molecule has 0 spiro atoms. The molecule has 1 amide bonds. The fraction of sp³-hybridized carbons (Fsp3) is 0.0526. The molecule has 0 fully saturated rings. The first-order valence-corrected chi connectivity index (χ1v) is 7.87. The smallest absolute Gasteiger partial charge is 0.255 e. The fourth-order valence-electron chi connectivity index (χ4n) is 2.20. The van der Waals surface area contributed by atoms with Crippen LogP contribution in [0.4, 0.5) is 5.69 Å². The molecule has 25 heavy (non-hydrogen) atoms. The summed E-state index contributed by atoms with van der Waals surface area (Å²) in [5.74, 6) is 1.20. The molecule has 0 saturated carbocycles. The number of nitrogens with zero attached hydrogens (tertiary/aromatic N) is 1. The Bertz CT molecular complexity index is 885. The third-order valence-electron chi connectivity index (χ3n) is 3.37. The summed E-state index contributed by atoms with van der Waals surface area (Å²) in [6, 6.07) is 17.2. The van der Waals surface area contributed by atoms with Crippen molar-refractivity contribution in [1.29, 1.82) is 0 Å². The maximum absolute atomic E-state index is 12.5. The maximum Gasteiger partial charge on any atom is 0.255 e. The lowest BCUT2D eigenvalue weighted by atomic mass is 10.2. The molecule has 3 aromatic rings. The van der Waals surface area contributed by atoms with Gasteiger partial charge in [0.05, 0.1) is 12.8 Å². The van der Waals surface area contributed by atoms with Crippen LogP contribution in [0.25, 0.3) is 0 Å². The minimum Gasteiger partial charge on any atom is -0.495 e. The van der Waals surface area contributed by atoms with Crippen LogP contribution in [-0.2, 0) is 0 Å². The topological polar surface area (TPSA) is 60.5 Å². The van der Waals surface area contributed by atoms with E-state index in [-0.39, 0.29) is 5.91 Å². The Morgan fingerprint density at radius 3 is 2.72 bits per heavy atom. The molecule has 0 aliphatic carbocycles. The van der Waals surface area contributed by atoms with Gasteiger partial charge < -0.3 is 14.8 Å². The number of hydrogen-bond acceptors (Lipinski definition) is 4. The van der Waals surface area contributed by atoms with Crippen molar-refractivity contribution < 1.29 is 14.3 Å². The monoisotopic (exact) mass is 354 g/mol. The van der Waals surface area contributed by atoms with E-state index in [4.69, 9.17) is 21.1 Å². The lowest BCUT2D eigenvalue weighted by molar-refractivity contribution is 0.102. The van der Waals surface area contributed by atoms with Gasteiger partial charge in [-0.3, -0.25) is 4.79 Å². The molecular weight excluding hydrogens is 340 g/mol. The van der Waals surface area contributed by atoms with Gasteiger partial charge in [0.15, 0.2) is 0 Å². The van der Waals surface area contributed by atoms with E-state index in [2.05, 4.69) is 10.3 Å². The zero-order chi connectivity index (χ0) is 17.6. The van der Waals surface area contributed by atoms with Crippen molar-refractivity contribution in [2.75, 3.05) is 12.4 Å². The number of carbonyl (C=O) groups excluding carboxylic acids is 1. The summed E-state index contributed by atoms with van der Waals surface area (Å²) in [7, 11) is 1.53. The summed E-state index contributed by atoms with van der Waals surface area (Å²) in [6.07, 6.45) is 1.64. The van der Waals surface area contributed by atoms with Gasteiger partial charge in [-0.1, -0.05) is 23.7 Å². The summed E-state index contributed by atoms with van der Waals surface area (Å²) < 4.78 is 10.9. The van der Waals surface area contributed by atoms with Crippen molar-refractivity contribution in [3.8, 4) is 17.4 Å². The van der Waals surface area contributed by atoms with E-state index in [0.717, 1.165) is 0 Å². The van der Waals surface area contributed by atoms with Gasteiger partial charge in [0, 0.05) is 22.8 Å². The molecule has 6 heteroatoms. The zero-order valence-electron chi connectivity index (χ0n) is 13.4. The molecule has 1 aromatic heterocycles. The van der Waals surface area contributed by atoms with Gasteiger partial charge in [0.2, 0.25) is 5.88 Å². The van der Waals surface area contributed by atoms with Crippen LogP contribution in [-0.4, -0.2) is 18.0 Å². The van der Waals surface area contributed by atoms with Crippen LogP contribution in [0.1, 0.15) is 10.4 Å². The Labute approximate surface area is 150 Å². The average Bonchev–Trinajstić information content (AvgIpc) is 2.63. The first-order valence-electron chi connectivity index (χ1n) is 7.49. The Hall–Kier alpha value is -3.05. The van der Waals surface area contributed by atoms with Crippen LogP contribution in [0.15, 0.2) is 66.9 Å². The third kappa shape index (κ3) is 4.28. The number of carbonyl (C=O) groups is 1. The highest BCUT2D eigenvalue weighted by molar-refractivity contribution is 6.31. The number of amides is 1. The van der Waals surface area contributed by atoms with Crippen molar-refractivity contribution in [1.82, 2.24) is 4.98 Å². The van der Waals surface area contributed by atoms with E-state index < -0.39 is 0 Å². The lowest BCUT2D eigenvalue weighted by Gasteiger charge is -2.11. The van der Waals surface area contributed by atoms with Gasteiger partial charge in [-0.15, -0.1) is 0 Å². The van der Waals surface area contributed by atoms with E-state index in [1.165, 1.54) is 7.11 Å². The van der Waals surface area contributed by atoms with Crippen molar-refractivity contribution >= 4 is 23.2 Å². The zero-order valence-corrected chi connectivity index (χ0v) is 14.2. The van der Waals surface area contributed by atoms with E-state index >= 15 is 0 Å². The van der Waals surface area contributed by atoms with Gasteiger partial charge in [-0.2, -0.15) is 0 Å². The molecule has 0 atom stereocenters. The first kappa shape index (κ1) is 16.8. The standard InChI is InChI=1S/C19H15ClN2O3/c1-24-17-9-8-14(20)12-16(17)22-19(23)13-5-4-6-15(11-13)25-18-7-2-3-10-21-18/h2-12H,1H3,(H,22,23). The second-order valence-electron chi connectivity index (χ2n) is 5.10. The van der Waals surface area contributed by atoms with Crippen LogP contribution in [0.3, 0.4) is 0 Å². The quantitative estimate of drug-likeness (QED) is 0.715. The number of aromatic nitrogens is 1. The van der Waals surface area contributed by atoms with Gasteiger partial charge in [0.1, 0.15) is 11.5 Å². The number of benzene rings is 2. The van der Waals surface area contributed by atoms with Crippen LogP contribution in [0.5, 0.6) is 17.4 Å². The molecule has 1 heterocycles. The van der Waals surface area contributed by atoms with Gasteiger partial charge in [-0.25, -0.2) is 4.98 Å². The number of hydrogen-bond donors (Lipinski definition) is 1. The molecule has 0 aliphatic heterocycles. The summed E-state index contributed by atoms with van der Waals surface area (Å²) in [6.45, 7) is 0. The molecule has 3 rings (SSSR count). The van der Waals surface area contributed by atoms with E-state index in [1.54, 1.807) is 60.8 Å². The molecule has 0 bridgehead atoms. The molecule has 5 nitrogen and oxygen atoms in total. The number of ether oxygens (including phenoxy) is 2. The SMILES string of the molecule is COc1ccc(Cl)cc1NC(=O)c1cccc(Oc2ccccn2)c1. The number of methoxy groups -OCH3 is 1. The minimum atomic E-state index is -0.299. The number of rotatable bonds is 5. The molecule has 126 valence electrons. The minimum absolute atomic E-state index is 0.299. The molecule has 2 aromatic carbocycles. The normalized spacial score (nSPS) is 10.2. The molecule has 0 radical (unpaired) electrons. The second-order valence-corrected chi connectivity index (χ2v) is 5.53. The van der Waals surface area contributed by atoms with Crippen molar-refractivity contribution in [2.45, 2.75) is 0 Å². The Kier molecular flexibility index (Phi) is 5.16. The number of halogens is 1. The largest absolute Gasteiger partial charge is 0.495 e. The summed E-state index contributed by atoms with van der Waals surface area (Å²) >= 11 is 5.98. The van der Waals surface area contributed by atoms with Crippen LogP contribution >= 0.6 is 11.6 Å². The van der Waals surface area contributed by atoms with Crippen molar-refractivity contribution in [3.63, 3.8) is 0 Å². The molecular formula is C19H15ClN2O3. The first-order chi connectivity index (χ1) is 12.2. The van der Waals surface area contributed by atoms with Crippen LogP contribution in [0.2, 0.25) is 5.02 Å². The van der Waals surface area contributed by atoms with E-state index in [9.17, 15) is 4.79 Å². The molecule has 0 aliphatic rings. The number of nitrogens with one attached hydrogen (secondary N) is 1. The van der Waals surface area contributed by atoms with Crippen LogP contribution < -0.4 is 14.8 Å². The predicted molar refractivity (Wildman–Crippen MR) is 96.7 cm³/mol. The Morgan fingerprint density at radius 2 is 1.96 bits per heavy atom. The van der Waals surface area contributed by atoms with E-state index in [1.807, 2.05) is 6.07 Å². The molecule has 0 unspecified atom stereocenters. The summed E-state index contributed by atoms with van der Waals surface area (Å²) in [4.78, 5) is 16.6. The Balaban J connectivity index is 1.79. The third-order valence-corrected chi connectivity index (χ3v) is 3.60. The van der Waals surface area contributed by atoms with Crippen molar-refractivity contribution in [2.24, 2.45) is 0 Å². The average molecular weight is 355 g/mol. The lowest BCUT2D eigenvalue weighted by Crippen LogP contribution is -2.12. The van der Waals surface area contributed by atoms with E-state index in [0.29, 0.717) is 33.7 Å². The molecule has 1 N–H and O–H groups in total. The van der Waals surface area contributed by atoms with Gasteiger partial charge in [0.25, 0.3) is 5.91 Å². The highest BCUT2D eigenvalue weighted by Gasteiger charge is 2.11. The van der Waals surface area contributed by atoms with Gasteiger partial charge in [-0.05, 0) is 42.5 Å². The second kappa shape index (κ2) is 7.68. The Morgan fingerprint density at radius 1 is 1.08 bits per heavy atom. The highest BCUT2D eigenvalue weighted by atomic mass is 35.5. The number of pyridine rings is 1. The summed E-state index contributed by atoms with van der Waals surface area (Å²) in [5, 5.41) is 3.29. The number of anilines is 1. The molecule has 0 saturated heterocycles.